The van der Waals surface area contributed by atoms with Gasteiger partial charge in [-0.3, -0.25) is 14.0 Å². The minimum Gasteiger partial charge on any atom is -0.294 e. The summed E-state index contributed by atoms with van der Waals surface area (Å²) in [7, 11) is 0. The van der Waals surface area contributed by atoms with Crippen molar-refractivity contribution in [3.05, 3.63) is 97.5 Å². The van der Waals surface area contributed by atoms with E-state index >= 15 is 0 Å². The molecule has 0 aliphatic heterocycles. The maximum atomic E-state index is 4.89. The fourth-order valence-electron chi connectivity index (χ4n) is 3.97. The molecular weight excluding hydrogens is 344 g/mol. The van der Waals surface area contributed by atoms with Crippen LogP contribution in [-0.2, 0) is 0 Å². The van der Waals surface area contributed by atoms with E-state index in [2.05, 4.69) is 68.7 Å². The lowest BCUT2D eigenvalue weighted by Crippen LogP contribution is -1.97. The number of aromatic nitrogens is 4. The number of benzene rings is 2. The largest absolute Gasteiger partial charge is 0.294 e. The standard InChI is InChI=1S/C24H16N4/c1-2-6-21-20(5-1)23-24(27-16-4-3-7-22(27)26-23)28(21)19-10-8-17(9-11-19)18-12-14-25-15-13-18/h1-16H. The van der Waals surface area contributed by atoms with Gasteiger partial charge in [0.1, 0.15) is 11.2 Å². The summed E-state index contributed by atoms with van der Waals surface area (Å²) in [5.41, 5.74) is 7.70. The van der Waals surface area contributed by atoms with Crippen LogP contribution in [0.1, 0.15) is 0 Å². The summed E-state index contributed by atoms with van der Waals surface area (Å²) >= 11 is 0. The van der Waals surface area contributed by atoms with E-state index in [4.69, 9.17) is 4.98 Å². The van der Waals surface area contributed by atoms with E-state index in [9.17, 15) is 0 Å². The molecule has 0 N–H and O–H groups in total. The first-order valence-corrected chi connectivity index (χ1v) is 9.27. The Labute approximate surface area is 161 Å². The molecule has 0 saturated heterocycles. The lowest BCUT2D eigenvalue weighted by atomic mass is 10.1. The van der Waals surface area contributed by atoms with E-state index in [-0.39, 0.29) is 0 Å². The van der Waals surface area contributed by atoms with Gasteiger partial charge < -0.3 is 0 Å². The molecule has 4 heteroatoms. The van der Waals surface area contributed by atoms with Crippen molar-refractivity contribution >= 4 is 27.7 Å². The normalized spacial score (nSPS) is 11.6. The van der Waals surface area contributed by atoms with E-state index in [1.807, 2.05) is 42.7 Å². The predicted molar refractivity (Wildman–Crippen MR) is 113 cm³/mol. The topological polar surface area (TPSA) is 35.1 Å². The van der Waals surface area contributed by atoms with Gasteiger partial charge in [-0.05, 0) is 53.6 Å². The van der Waals surface area contributed by atoms with Crippen molar-refractivity contribution in [1.29, 1.82) is 0 Å². The maximum absolute atomic E-state index is 4.89. The van der Waals surface area contributed by atoms with Crippen LogP contribution < -0.4 is 0 Å². The van der Waals surface area contributed by atoms with E-state index in [1.165, 1.54) is 16.5 Å². The molecule has 132 valence electrons. The summed E-state index contributed by atoms with van der Waals surface area (Å²) in [6.45, 7) is 0. The fourth-order valence-corrected chi connectivity index (χ4v) is 3.97. The number of pyridine rings is 2. The summed E-state index contributed by atoms with van der Waals surface area (Å²) in [5.74, 6) is 0. The Kier molecular flexibility index (Phi) is 3.14. The predicted octanol–water partition coefficient (Wildman–Crippen LogP) is 5.49. The molecule has 4 heterocycles. The molecule has 0 saturated carbocycles. The molecule has 6 rings (SSSR count). The van der Waals surface area contributed by atoms with Gasteiger partial charge >= 0.3 is 0 Å². The first kappa shape index (κ1) is 15.2. The Hall–Kier alpha value is -3.92. The summed E-state index contributed by atoms with van der Waals surface area (Å²) in [4.78, 5) is 9.00. The fraction of sp³-hybridized carbons (Fsp3) is 0. The molecule has 0 atom stereocenters. The molecule has 0 fully saturated rings. The van der Waals surface area contributed by atoms with E-state index in [1.54, 1.807) is 0 Å². The van der Waals surface area contributed by atoms with Gasteiger partial charge in [0.2, 0.25) is 0 Å². The summed E-state index contributed by atoms with van der Waals surface area (Å²) in [5, 5.41) is 1.17. The number of imidazole rings is 1. The van der Waals surface area contributed by atoms with Crippen molar-refractivity contribution in [3.63, 3.8) is 0 Å². The summed E-state index contributed by atoms with van der Waals surface area (Å²) in [6.07, 6.45) is 5.72. The number of hydrogen-bond donors (Lipinski definition) is 0. The Bertz CT molecular complexity index is 1430. The van der Waals surface area contributed by atoms with Gasteiger partial charge in [0, 0.05) is 29.7 Å². The summed E-state index contributed by atoms with van der Waals surface area (Å²) < 4.78 is 4.45. The maximum Gasteiger partial charge on any atom is 0.150 e. The second kappa shape index (κ2) is 5.79. The van der Waals surface area contributed by atoms with E-state index < -0.39 is 0 Å². The van der Waals surface area contributed by atoms with Gasteiger partial charge in [-0.2, -0.15) is 0 Å². The highest BCUT2D eigenvalue weighted by atomic mass is 15.1. The van der Waals surface area contributed by atoms with Crippen LogP contribution in [0.5, 0.6) is 0 Å². The SMILES string of the molecule is c1ccc2c(c1)c1nc3ccccn3c1n2-c1ccc(-c2ccncc2)cc1. The molecular formula is C24H16N4. The molecule has 0 unspecified atom stereocenters. The molecule has 2 aromatic carbocycles. The van der Waals surface area contributed by atoms with Crippen LogP contribution in [0.3, 0.4) is 0 Å². The van der Waals surface area contributed by atoms with Crippen LogP contribution in [0.2, 0.25) is 0 Å². The minimum atomic E-state index is 0.959. The van der Waals surface area contributed by atoms with Crippen molar-refractivity contribution < 1.29 is 0 Å². The van der Waals surface area contributed by atoms with Gasteiger partial charge in [0.25, 0.3) is 0 Å². The quantitative estimate of drug-likeness (QED) is 0.409. The first-order chi connectivity index (χ1) is 13.9. The molecule has 28 heavy (non-hydrogen) atoms. The average Bonchev–Trinajstić information content (AvgIpc) is 3.29. The van der Waals surface area contributed by atoms with Gasteiger partial charge in [0.15, 0.2) is 5.65 Å². The van der Waals surface area contributed by atoms with Crippen LogP contribution >= 0.6 is 0 Å². The first-order valence-electron chi connectivity index (χ1n) is 9.27. The van der Waals surface area contributed by atoms with Crippen LogP contribution in [0.25, 0.3) is 44.5 Å². The van der Waals surface area contributed by atoms with E-state index in [0.29, 0.717) is 0 Å². The average molecular weight is 360 g/mol. The van der Waals surface area contributed by atoms with Crippen LogP contribution in [0.15, 0.2) is 97.5 Å². The third-order valence-corrected chi connectivity index (χ3v) is 5.26. The Morgan fingerprint density at radius 2 is 1.43 bits per heavy atom. The zero-order valence-corrected chi connectivity index (χ0v) is 15.0. The second-order valence-electron chi connectivity index (χ2n) is 6.85. The van der Waals surface area contributed by atoms with E-state index in [0.717, 1.165) is 28.0 Å². The molecule has 0 bridgehead atoms. The van der Waals surface area contributed by atoms with Gasteiger partial charge in [-0.15, -0.1) is 0 Å². The van der Waals surface area contributed by atoms with Crippen molar-refractivity contribution in [2.45, 2.75) is 0 Å². The van der Waals surface area contributed by atoms with Crippen molar-refractivity contribution in [2.75, 3.05) is 0 Å². The lowest BCUT2D eigenvalue weighted by molar-refractivity contribution is 1.09. The molecule has 0 spiro atoms. The minimum absolute atomic E-state index is 0.959. The molecule has 4 aromatic heterocycles. The zero-order chi connectivity index (χ0) is 18.5. The molecule has 0 aliphatic carbocycles. The summed E-state index contributed by atoms with van der Waals surface area (Å²) in [6, 6.07) is 27.3. The highest BCUT2D eigenvalue weighted by molar-refractivity contribution is 6.07. The van der Waals surface area contributed by atoms with Crippen LogP contribution in [0.4, 0.5) is 0 Å². The highest BCUT2D eigenvalue weighted by Gasteiger charge is 2.17. The van der Waals surface area contributed by atoms with Gasteiger partial charge in [-0.25, -0.2) is 4.98 Å². The van der Waals surface area contributed by atoms with Crippen LogP contribution in [-0.4, -0.2) is 18.9 Å². The number of nitrogens with zero attached hydrogens (tertiary/aromatic N) is 4. The molecule has 0 amide bonds. The number of hydrogen-bond acceptors (Lipinski definition) is 2. The molecule has 0 aliphatic rings. The third-order valence-electron chi connectivity index (χ3n) is 5.26. The molecule has 6 aromatic rings. The highest BCUT2D eigenvalue weighted by Crippen LogP contribution is 2.32. The monoisotopic (exact) mass is 360 g/mol. The third kappa shape index (κ3) is 2.12. The molecule has 0 radical (unpaired) electrons. The van der Waals surface area contributed by atoms with Gasteiger partial charge in [0.05, 0.1) is 5.52 Å². The Morgan fingerprint density at radius 3 is 2.29 bits per heavy atom. The van der Waals surface area contributed by atoms with Crippen molar-refractivity contribution in [1.82, 2.24) is 18.9 Å². The molecule has 4 nitrogen and oxygen atoms in total. The Morgan fingerprint density at radius 1 is 0.679 bits per heavy atom. The van der Waals surface area contributed by atoms with Crippen molar-refractivity contribution in [3.8, 4) is 16.8 Å². The Balaban J connectivity index is 1.64. The second-order valence-corrected chi connectivity index (χ2v) is 6.85. The van der Waals surface area contributed by atoms with Crippen molar-refractivity contribution in [2.24, 2.45) is 0 Å². The zero-order valence-electron chi connectivity index (χ0n) is 15.0. The number of para-hydroxylation sites is 1. The van der Waals surface area contributed by atoms with Crippen LogP contribution in [0, 0.1) is 0 Å². The number of rotatable bonds is 2. The van der Waals surface area contributed by atoms with Gasteiger partial charge in [-0.1, -0.05) is 36.4 Å². The lowest BCUT2D eigenvalue weighted by Gasteiger charge is -2.09. The smallest absolute Gasteiger partial charge is 0.150 e. The number of fused-ring (bicyclic) bond motifs is 5.